The van der Waals surface area contributed by atoms with Crippen LogP contribution in [0.15, 0.2) is 11.0 Å². The minimum absolute atomic E-state index is 0.0124. The third kappa shape index (κ3) is 5.47. The fourth-order valence-corrected chi connectivity index (χ4v) is 3.86. The van der Waals surface area contributed by atoms with Crippen LogP contribution in [0.25, 0.3) is 0 Å². The van der Waals surface area contributed by atoms with Crippen LogP contribution < -0.4 is 0 Å². The van der Waals surface area contributed by atoms with Crippen molar-refractivity contribution in [2.75, 3.05) is 11.5 Å². The van der Waals surface area contributed by atoms with Gasteiger partial charge in [-0.1, -0.05) is 25.6 Å². The van der Waals surface area contributed by atoms with Gasteiger partial charge in [-0.25, -0.2) is 0 Å². The molecule has 124 valence electrons. The van der Waals surface area contributed by atoms with Crippen molar-refractivity contribution in [3.05, 3.63) is 11.0 Å². The van der Waals surface area contributed by atoms with Gasteiger partial charge >= 0.3 is 5.97 Å². The number of hydrogen-bond donors (Lipinski definition) is 0. The van der Waals surface area contributed by atoms with Gasteiger partial charge in [0.2, 0.25) is 0 Å². The normalized spacial score (nSPS) is 21.7. The quantitative estimate of drug-likeness (QED) is 0.543. The van der Waals surface area contributed by atoms with E-state index in [0.29, 0.717) is 5.75 Å². The highest BCUT2D eigenvalue weighted by atomic mass is 32.2. The standard InChI is InChI=1S/C16H24O4S2/c1-6-21-12-9-11(17)14(15(19)20-16(3,4)5)10(12)8-13(18)22-7-2/h9-10,14H,6-8H2,1-5H3/t10-,14+/m0/s1. The number of hydrogen-bond acceptors (Lipinski definition) is 6. The Balaban J connectivity index is 2.95. The lowest BCUT2D eigenvalue weighted by molar-refractivity contribution is -0.162. The van der Waals surface area contributed by atoms with Crippen LogP contribution in [0.5, 0.6) is 0 Å². The van der Waals surface area contributed by atoms with Gasteiger partial charge in [-0.05, 0) is 43.3 Å². The zero-order chi connectivity index (χ0) is 16.9. The van der Waals surface area contributed by atoms with Crippen LogP contribution in [0, 0.1) is 11.8 Å². The maximum atomic E-state index is 12.4. The van der Waals surface area contributed by atoms with Gasteiger partial charge in [-0.3, -0.25) is 14.4 Å². The van der Waals surface area contributed by atoms with Crippen molar-refractivity contribution < 1.29 is 19.1 Å². The first kappa shape index (κ1) is 19.3. The highest BCUT2D eigenvalue weighted by Gasteiger charge is 2.44. The van der Waals surface area contributed by atoms with Gasteiger partial charge < -0.3 is 4.74 Å². The lowest BCUT2D eigenvalue weighted by Gasteiger charge is -2.25. The summed E-state index contributed by atoms with van der Waals surface area (Å²) >= 11 is 2.75. The molecule has 0 amide bonds. The first-order valence-electron chi connectivity index (χ1n) is 7.46. The predicted octanol–water partition coefficient (Wildman–Crippen LogP) is 3.45. The van der Waals surface area contributed by atoms with Crippen molar-refractivity contribution in [1.82, 2.24) is 0 Å². The zero-order valence-electron chi connectivity index (χ0n) is 13.8. The van der Waals surface area contributed by atoms with E-state index in [1.54, 1.807) is 20.8 Å². The van der Waals surface area contributed by atoms with Gasteiger partial charge in [0.25, 0.3) is 0 Å². The second-order valence-electron chi connectivity index (χ2n) is 6.01. The minimum atomic E-state index is -0.880. The SMILES string of the molecule is CCSC(=O)C[C@H]1C(SCC)=CC(=O)[C@@H]1C(=O)OC(C)(C)C. The molecule has 6 heteroatoms. The van der Waals surface area contributed by atoms with Crippen molar-refractivity contribution in [2.24, 2.45) is 11.8 Å². The Hall–Kier alpha value is -0.750. The Morgan fingerprint density at radius 3 is 2.36 bits per heavy atom. The maximum absolute atomic E-state index is 12.4. The van der Waals surface area contributed by atoms with Gasteiger partial charge in [-0.15, -0.1) is 11.8 Å². The van der Waals surface area contributed by atoms with Gasteiger partial charge in [0, 0.05) is 12.3 Å². The van der Waals surface area contributed by atoms with Crippen LogP contribution in [-0.2, 0) is 19.1 Å². The molecule has 0 saturated heterocycles. The first-order chi connectivity index (χ1) is 10.2. The fourth-order valence-electron chi connectivity index (χ4n) is 2.28. The summed E-state index contributed by atoms with van der Waals surface area (Å²) in [5.74, 6) is -0.541. The number of ether oxygens (including phenoxy) is 1. The summed E-state index contributed by atoms with van der Waals surface area (Å²) in [6, 6.07) is 0. The maximum Gasteiger partial charge on any atom is 0.318 e. The molecule has 0 saturated carbocycles. The molecule has 0 aliphatic heterocycles. The molecule has 1 aliphatic rings. The van der Waals surface area contributed by atoms with Crippen LogP contribution >= 0.6 is 23.5 Å². The molecule has 0 fully saturated rings. The summed E-state index contributed by atoms with van der Waals surface area (Å²) < 4.78 is 5.37. The monoisotopic (exact) mass is 344 g/mol. The van der Waals surface area contributed by atoms with Gasteiger partial charge in [0.1, 0.15) is 11.5 Å². The van der Waals surface area contributed by atoms with Gasteiger partial charge in [-0.2, -0.15) is 0 Å². The van der Waals surface area contributed by atoms with Crippen LogP contribution in [0.2, 0.25) is 0 Å². The topological polar surface area (TPSA) is 60.4 Å². The average Bonchev–Trinajstić information content (AvgIpc) is 2.64. The molecule has 2 atom stereocenters. The number of carbonyl (C=O) groups excluding carboxylic acids is 3. The average molecular weight is 344 g/mol. The van der Waals surface area contributed by atoms with E-state index in [4.69, 9.17) is 4.74 Å². The lowest BCUT2D eigenvalue weighted by atomic mass is 9.92. The van der Waals surface area contributed by atoms with Gasteiger partial charge in [0.15, 0.2) is 10.9 Å². The van der Waals surface area contributed by atoms with Crippen molar-refractivity contribution >= 4 is 40.4 Å². The summed E-state index contributed by atoms with van der Waals surface area (Å²) in [5, 5.41) is 0.0124. The molecular weight excluding hydrogens is 320 g/mol. The molecule has 0 bridgehead atoms. The minimum Gasteiger partial charge on any atom is -0.459 e. The molecular formula is C16H24O4S2. The molecule has 0 aromatic rings. The summed E-state index contributed by atoms with van der Waals surface area (Å²) in [4.78, 5) is 37.4. The predicted molar refractivity (Wildman–Crippen MR) is 91.8 cm³/mol. The third-order valence-corrected chi connectivity index (χ3v) is 4.84. The molecule has 1 aliphatic carbocycles. The molecule has 0 aromatic carbocycles. The zero-order valence-corrected chi connectivity index (χ0v) is 15.4. The van der Waals surface area contributed by atoms with Crippen molar-refractivity contribution in [2.45, 2.75) is 46.6 Å². The number of ketones is 1. The van der Waals surface area contributed by atoms with Crippen LogP contribution in [0.1, 0.15) is 41.0 Å². The van der Waals surface area contributed by atoms with Crippen molar-refractivity contribution in [3.63, 3.8) is 0 Å². The highest BCUT2D eigenvalue weighted by Crippen LogP contribution is 2.40. The molecule has 0 unspecified atom stereocenters. The van der Waals surface area contributed by atoms with Gasteiger partial charge in [0.05, 0.1) is 0 Å². The molecule has 0 N–H and O–H groups in total. The van der Waals surface area contributed by atoms with E-state index >= 15 is 0 Å². The Labute approximate surface area is 140 Å². The Bertz CT molecular complexity index is 477. The second kappa shape index (κ2) is 8.20. The summed E-state index contributed by atoms with van der Waals surface area (Å²) in [7, 11) is 0. The smallest absolute Gasteiger partial charge is 0.318 e. The van der Waals surface area contributed by atoms with Crippen LogP contribution in [0.4, 0.5) is 0 Å². The molecule has 0 spiro atoms. The van der Waals surface area contributed by atoms with Crippen molar-refractivity contribution in [1.29, 1.82) is 0 Å². The molecule has 4 nitrogen and oxygen atoms in total. The number of esters is 1. The lowest BCUT2D eigenvalue weighted by Crippen LogP contribution is -2.34. The van der Waals surface area contributed by atoms with Crippen LogP contribution in [0.3, 0.4) is 0 Å². The Kier molecular flexibility index (Phi) is 7.19. The molecule has 22 heavy (non-hydrogen) atoms. The van der Waals surface area contributed by atoms with E-state index in [2.05, 4.69) is 0 Å². The molecule has 1 rings (SSSR count). The summed E-state index contributed by atoms with van der Waals surface area (Å²) in [5.41, 5.74) is -0.648. The van der Waals surface area contributed by atoms with E-state index in [1.807, 2.05) is 13.8 Å². The largest absolute Gasteiger partial charge is 0.459 e. The van der Waals surface area contributed by atoms with Crippen LogP contribution in [-0.4, -0.2) is 34.0 Å². The van der Waals surface area contributed by atoms with E-state index in [1.165, 1.54) is 29.6 Å². The third-order valence-electron chi connectivity index (χ3n) is 3.02. The Morgan fingerprint density at radius 2 is 1.86 bits per heavy atom. The fraction of sp³-hybridized carbons (Fsp3) is 0.688. The summed E-state index contributed by atoms with van der Waals surface area (Å²) in [6.45, 7) is 9.20. The van der Waals surface area contributed by atoms with E-state index in [-0.39, 0.29) is 23.2 Å². The van der Waals surface area contributed by atoms with Crippen molar-refractivity contribution in [3.8, 4) is 0 Å². The Morgan fingerprint density at radius 1 is 1.23 bits per heavy atom. The number of rotatable bonds is 6. The molecule has 0 heterocycles. The summed E-state index contributed by atoms with van der Waals surface area (Å²) in [6.07, 6.45) is 1.71. The number of thioether (sulfide) groups is 2. The first-order valence-corrected chi connectivity index (χ1v) is 9.43. The van der Waals surface area contributed by atoms with E-state index in [0.717, 1.165) is 10.7 Å². The molecule has 0 aromatic heterocycles. The number of allylic oxidation sites excluding steroid dienone is 2. The van der Waals surface area contributed by atoms with E-state index < -0.39 is 17.5 Å². The van der Waals surface area contributed by atoms with E-state index in [9.17, 15) is 14.4 Å². The molecule has 0 radical (unpaired) electrons. The highest BCUT2D eigenvalue weighted by molar-refractivity contribution is 8.13. The second-order valence-corrected chi connectivity index (χ2v) is 8.67. The number of carbonyl (C=O) groups is 3.